The number of aromatic amines is 1. The van der Waals surface area contributed by atoms with Crippen molar-refractivity contribution in [1.82, 2.24) is 19.8 Å². The number of pyridine rings is 1. The van der Waals surface area contributed by atoms with Crippen molar-refractivity contribution < 1.29 is 9.18 Å². The minimum Gasteiger partial charge on any atom is -0.346 e. The van der Waals surface area contributed by atoms with Gasteiger partial charge in [0.1, 0.15) is 11.5 Å². The number of likely N-dealkylation sites (tertiary alicyclic amines) is 1. The Labute approximate surface area is 199 Å². The van der Waals surface area contributed by atoms with Gasteiger partial charge < -0.3 is 14.8 Å². The third-order valence-electron chi connectivity index (χ3n) is 6.87. The average Bonchev–Trinajstić information content (AvgIpc) is 3.27. The molecule has 34 heavy (non-hydrogen) atoms. The Kier molecular flexibility index (Phi) is 5.92. The third-order valence-corrected chi connectivity index (χ3v) is 6.87. The van der Waals surface area contributed by atoms with E-state index in [0.29, 0.717) is 5.56 Å². The lowest BCUT2D eigenvalue weighted by atomic mass is 9.88. The van der Waals surface area contributed by atoms with Crippen LogP contribution in [0.2, 0.25) is 0 Å². The first-order valence-corrected chi connectivity index (χ1v) is 11.7. The number of carbonyl (C=O) groups excluding carboxylic acids is 1. The fourth-order valence-electron chi connectivity index (χ4n) is 4.81. The van der Waals surface area contributed by atoms with E-state index in [1.165, 1.54) is 0 Å². The Balaban J connectivity index is 1.45. The van der Waals surface area contributed by atoms with Crippen LogP contribution in [0.4, 0.5) is 4.39 Å². The zero-order chi connectivity index (χ0) is 23.8. The molecule has 1 aliphatic rings. The molecule has 0 bridgehead atoms. The van der Waals surface area contributed by atoms with Crippen molar-refractivity contribution in [3.63, 3.8) is 0 Å². The summed E-state index contributed by atoms with van der Waals surface area (Å²) in [7, 11) is 5.60. The summed E-state index contributed by atoms with van der Waals surface area (Å²) >= 11 is 0. The molecule has 6 heteroatoms. The molecule has 5 nitrogen and oxygen atoms in total. The molecule has 5 rings (SSSR count). The predicted octanol–water partition coefficient (Wildman–Crippen LogP) is 5.55. The highest BCUT2D eigenvalue weighted by Gasteiger charge is 2.21. The number of H-pyrrole nitrogens is 1. The number of benzene rings is 2. The SMILES string of the molecule is CN1CCC(c2ccc(-c3cnc4[nH]cc(-c5ccc(C(=O)N(C)C)cc5)c4c3)cc2F)CC1. The van der Waals surface area contributed by atoms with Gasteiger partial charge in [-0.15, -0.1) is 0 Å². The molecular weight excluding hydrogens is 427 g/mol. The fourth-order valence-corrected chi connectivity index (χ4v) is 4.81. The van der Waals surface area contributed by atoms with Crippen LogP contribution in [0.25, 0.3) is 33.3 Å². The summed E-state index contributed by atoms with van der Waals surface area (Å²) in [5.74, 6) is 0.118. The highest BCUT2D eigenvalue weighted by atomic mass is 19.1. The van der Waals surface area contributed by atoms with Gasteiger partial charge in [-0.3, -0.25) is 4.79 Å². The van der Waals surface area contributed by atoms with E-state index < -0.39 is 0 Å². The molecule has 1 aliphatic heterocycles. The number of halogens is 1. The summed E-state index contributed by atoms with van der Waals surface area (Å²) < 4.78 is 15.1. The molecule has 174 valence electrons. The maximum Gasteiger partial charge on any atom is 0.253 e. The Hall–Kier alpha value is -3.51. The van der Waals surface area contributed by atoms with Crippen LogP contribution in [-0.4, -0.2) is 59.9 Å². The standard InChI is InChI=1S/C28H29FN4O/c1-32(2)28(34)20-6-4-18(5-7-20)25-17-31-27-24(25)14-22(16-30-27)21-8-9-23(26(29)15-21)19-10-12-33(3)13-11-19/h4-9,14-17,19H,10-13H2,1-3H3,(H,30,31). The van der Waals surface area contributed by atoms with Gasteiger partial charge in [-0.2, -0.15) is 0 Å². The minimum atomic E-state index is -0.136. The second kappa shape index (κ2) is 9.03. The van der Waals surface area contributed by atoms with Gasteiger partial charge in [0, 0.05) is 48.6 Å². The van der Waals surface area contributed by atoms with Gasteiger partial charge in [0.15, 0.2) is 0 Å². The average molecular weight is 457 g/mol. The molecule has 3 heterocycles. The maximum absolute atomic E-state index is 15.1. The molecule has 2 aromatic heterocycles. The molecule has 0 atom stereocenters. The van der Waals surface area contributed by atoms with Crippen molar-refractivity contribution in [2.75, 3.05) is 34.2 Å². The van der Waals surface area contributed by atoms with Crippen LogP contribution in [0.1, 0.15) is 34.7 Å². The van der Waals surface area contributed by atoms with Crippen LogP contribution >= 0.6 is 0 Å². The summed E-state index contributed by atoms with van der Waals surface area (Å²) in [6.07, 6.45) is 5.69. The molecule has 0 unspecified atom stereocenters. The molecule has 0 aliphatic carbocycles. The second-order valence-corrected chi connectivity index (χ2v) is 9.41. The van der Waals surface area contributed by atoms with Gasteiger partial charge in [-0.25, -0.2) is 9.37 Å². The van der Waals surface area contributed by atoms with Crippen molar-refractivity contribution in [2.45, 2.75) is 18.8 Å². The quantitative estimate of drug-likeness (QED) is 0.438. The summed E-state index contributed by atoms with van der Waals surface area (Å²) in [5, 5.41) is 0.962. The van der Waals surface area contributed by atoms with Crippen LogP contribution in [0.15, 0.2) is 60.9 Å². The molecule has 0 radical (unpaired) electrons. The van der Waals surface area contributed by atoms with E-state index in [-0.39, 0.29) is 17.6 Å². The summed E-state index contributed by atoms with van der Waals surface area (Å²) in [6.45, 7) is 2.01. The molecule has 2 aromatic carbocycles. The van der Waals surface area contributed by atoms with Gasteiger partial charge in [-0.05, 0) is 79.9 Å². The molecule has 1 amide bonds. The summed E-state index contributed by atoms with van der Waals surface area (Å²) in [4.78, 5) is 23.9. The van der Waals surface area contributed by atoms with E-state index >= 15 is 4.39 Å². The van der Waals surface area contributed by atoms with E-state index in [4.69, 9.17) is 0 Å². The number of nitrogens with zero attached hydrogens (tertiary/aromatic N) is 3. The van der Waals surface area contributed by atoms with Crippen molar-refractivity contribution in [3.8, 4) is 22.3 Å². The van der Waals surface area contributed by atoms with Crippen molar-refractivity contribution in [2.24, 2.45) is 0 Å². The highest BCUT2D eigenvalue weighted by molar-refractivity contribution is 5.97. The number of amides is 1. The second-order valence-electron chi connectivity index (χ2n) is 9.41. The molecule has 0 spiro atoms. The predicted molar refractivity (Wildman–Crippen MR) is 134 cm³/mol. The topological polar surface area (TPSA) is 52.2 Å². The van der Waals surface area contributed by atoms with Crippen LogP contribution in [-0.2, 0) is 0 Å². The van der Waals surface area contributed by atoms with Gasteiger partial charge in [0.05, 0.1) is 0 Å². The molecule has 0 saturated carbocycles. The third kappa shape index (κ3) is 4.21. The normalized spacial score (nSPS) is 15.1. The maximum atomic E-state index is 15.1. The Morgan fingerprint density at radius 3 is 2.41 bits per heavy atom. The van der Waals surface area contributed by atoms with Crippen LogP contribution in [0.5, 0.6) is 0 Å². The van der Waals surface area contributed by atoms with Crippen molar-refractivity contribution in [1.29, 1.82) is 0 Å². The Bertz CT molecular complexity index is 1330. The van der Waals surface area contributed by atoms with Crippen LogP contribution < -0.4 is 0 Å². The lowest BCUT2D eigenvalue weighted by Gasteiger charge is -2.29. The first kappa shape index (κ1) is 22.3. The van der Waals surface area contributed by atoms with Gasteiger partial charge in [-0.1, -0.05) is 24.3 Å². The molecular formula is C28H29FN4O. The zero-order valence-electron chi connectivity index (χ0n) is 19.8. The number of hydrogen-bond donors (Lipinski definition) is 1. The zero-order valence-corrected chi connectivity index (χ0v) is 19.8. The lowest BCUT2D eigenvalue weighted by molar-refractivity contribution is 0.0827. The van der Waals surface area contributed by atoms with Gasteiger partial charge >= 0.3 is 0 Å². The molecule has 1 saturated heterocycles. The lowest BCUT2D eigenvalue weighted by Crippen LogP contribution is -2.29. The Morgan fingerprint density at radius 2 is 1.74 bits per heavy atom. The van der Waals surface area contributed by atoms with Crippen LogP contribution in [0.3, 0.4) is 0 Å². The molecule has 4 aromatic rings. The number of aromatic nitrogens is 2. The van der Waals surface area contributed by atoms with Crippen molar-refractivity contribution >= 4 is 16.9 Å². The van der Waals surface area contributed by atoms with E-state index in [9.17, 15) is 4.79 Å². The van der Waals surface area contributed by atoms with Crippen LogP contribution in [0, 0.1) is 5.82 Å². The van der Waals surface area contributed by atoms with E-state index in [1.54, 1.807) is 31.3 Å². The summed E-state index contributed by atoms with van der Waals surface area (Å²) in [5.41, 5.74) is 5.92. The largest absolute Gasteiger partial charge is 0.346 e. The minimum absolute atomic E-state index is 0.0276. The number of hydrogen-bond acceptors (Lipinski definition) is 3. The van der Waals surface area contributed by atoms with E-state index in [0.717, 1.165) is 64.8 Å². The highest BCUT2D eigenvalue weighted by Crippen LogP contribution is 2.34. The molecule has 1 N–H and O–H groups in total. The smallest absolute Gasteiger partial charge is 0.253 e. The van der Waals surface area contributed by atoms with Crippen molar-refractivity contribution in [3.05, 3.63) is 77.9 Å². The first-order chi connectivity index (χ1) is 16.4. The number of piperidine rings is 1. The fraction of sp³-hybridized carbons (Fsp3) is 0.286. The number of fused-ring (bicyclic) bond motifs is 1. The molecule has 1 fully saturated rings. The van der Waals surface area contributed by atoms with Gasteiger partial charge in [0.25, 0.3) is 5.91 Å². The number of nitrogens with one attached hydrogen (secondary N) is 1. The van der Waals surface area contributed by atoms with E-state index in [1.807, 2.05) is 42.6 Å². The first-order valence-electron chi connectivity index (χ1n) is 11.7. The number of rotatable bonds is 4. The number of carbonyl (C=O) groups is 1. The van der Waals surface area contributed by atoms with E-state index in [2.05, 4.69) is 28.0 Å². The summed E-state index contributed by atoms with van der Waals surface area (Å²) in [6, 6.07) is 15.2. The Morgan fingerprint density at radius 1 is 1.03 bits per heavy atom. The van der Waals surface area contributed by atoms with Gasteiger partial charge in [0.2, 0.25) is 0 Å². The monoisotopic (exact) mass is 456 g/mol.